The van der Waals surface area contributed by atoms with Gasteiger partial charge < -0.3 is 50.8 Å². The molecule has 0 radical (unpaired) electrons. The van der Waals surface area contributed by atoms with Gasteiger partial charge in [-0.1, -0.05) is 13.0 Å². The van der Waals surface area contributed by atoms with Crippen LogP contribution in [0.3, 0.4) is 0 Å². The molecule has 4 saturated heterocycles. The molecular weight excluding hydrogens is 840 g/mol. The Kier molecular flexibility index (Phi) is 17.2. The Morgan fingerprint density at radius 1 is 0.968 bits per heavy atom. The van der Waals surface area contributed by atoms with E-state index in [0.29, 0.717) is 75.0 Å². The molecule has 0 bridgehead atoms. The number of nitrogens with one attached hydrogen (secondary N) is 6. The molecule has 17 nitrogen and oxygen atoms in total. The Morgan fingerprint density at radius 3 is 2.37 bits per heavy atom. The van der Waals surface area contributed by atoms with E-state index in [1.807, 2.05) is 16.7 Å². The number of benzene rings is 2. The highest BCUT2D eigenvalue weighted by Crippen LogP contribution is 2.29. The average molecular weight is 901 g/mol. The molecule has 340 valence electrons. The second-order valence-electron chi connectivity index (χ2n) is 16.2. The molecule has 2 aromatic carbocycles. The summed E-state index contributed by atoms with van der Waals surface area (Å²) >= 11 is 2.89. The maximum absolute atomic E-state index is 14.8. The van der Waals surface area contributed by atoms with Crippen molar-refractivity contribution in [2.45, 2.75) is 61.3 Å². The number of halogens is 1. The fourth-order valence-corrected chi connectivity index (χ4v) is 10.1. The van der Waals surface area contributed by atoms with E-state index in [4.69, 9.17) is 9.47 Å². The quantitative estimate of drug-likeness (QED) is 0.137. The molecule has 20 heteroatoms. The molecule has 2 aromatic rings. The highest BCUT2D eigenvalue weighted by Gasteiger charge is 2.33. The Morgan fingerprint density at radius 2 is 1.66 bits per heavy atom. The number of likely N-dealkylation sites (N-methyl/N-ethyl adjacent to an activating group) is 1. The Labute approximate surface area is 371 Å². The number of nitrogens with zero attached hydrogens (tertiary/aromatic N) is 4. The normalized spacial score (nSPS) is 23.1. The molecule has 7 amide bonds. The van der Waals surface area contributed by atoms with Gasteiger partial charge in [0.05, 0.1) is 23.8 Å². The molecule has 6 N–H and O–H groups in total. The first kappa shape index (κ1) is 47.0. The van der Waals surface area contributed by atoms with Gasteiger partial charge in [0.2, 0.25) is 17.7 Å². The fourth-order valence-electron chi connectivity index (χ4n) is 7.63. The van der Waals surface area contributed by atoms with Crippen molar-refractivity contribution in [2.75, 3.05) is 97.3 Å². The lowest BCUT2D eigenvalue weighted by molar-refractivity contribution is -0.134. The van der Waals surface area contributed by atoms with Gasteiger partial charge in [0, 0.05) is 113 Å². The number of thioether (sulfide) groups is 2. The lowest BCUT2D eigenvalue weighted by Gasteiger charge is -2.35. The van der Waals surface area contributed by atoms with E-state index in [0.717, 1.165) is 31.9 Å². The van der Waals surface area contributed by atoms with Gasteiger partial charge in [-0.05, 0) is 50.7 Å². The summed E-state index contributed by atoms with van der Waals surface area (Å²) in [5.41, 5.74) is 0.654. The summed E-state index contributed by atoms with van der Waals surface area (Å²) in [5.74, 6) is 1.10. The molecule has 0 aromatic heterocycles. The summed E-state index contributed by atoms with van der Waals surface area (Å²) in [6.45, 7) is 11.0. The van der Waals surface area contributed by atoms with Crippen LogP contribution in [0.2, 0.25) is 0 Å². The van der Waals surface area contributed by atoms with Gasteiger partial charge in [0.1, 0.15) is 29.4 Å². The van der Waals surface area contributed by atoms with Crippen molar-refractivity contribution in [1.29, 1.82) is 0 Å². The minimum atomic E-state index is -0.660. The number of urea groups is 2. The van der Waals surface area contributed by atoms with E-state index in [1.54, 1.807) is 55.1 Å². The standard InChI is InChI=1S/C42H61FN10O7S2/c1-27-25-44-40(57)48-39(27)62-35(38(56)45-28(2)33-10-9-32(59-4)24-34(33)43)11-12-36(54)52-19-15-51(16-20-52)21-22-60-31-7-5-29(6-8-31)46-41(58)49-42-47-30(26-61-42)23-37(55)53-17-13-50(3)14-18-53/h5-10,24,27-28,30,35,39,42,47H,11-23,25-26H2,1-4H3,(H,45,56)(H2,44,48,57)(H2,46,49,58)/t27?,28-,30?,35-,39?,42?/m1/s1. The Hall–Kier alpha value is -4.50. The zero-order valence-corrected chi connectivity index (χ0v) is 37.6. The van der Waals surface area contributed by atoms with Gasteiger partial charge in [0.25, 0.3) is 0 Å². The average Bonchev–Trinajstić information content (AvgIpc) is 3.70. The number of rotatable bonds is 17. The monoisotopic (exact) mass is 900 g/mol. The number of amides is 7. The third-order valence-corrected chi connectivity index (χ3v) is 14.4. The largest absolute Gasteiger partial charge is 0.497 e. The van der Waals surface area contributed by atoms with Crippen LogP contribution in [0.25, 0.3) is 0 Å². The van der Waals surface area contributed by atoms with Crippen molar-refractivity contribution in [3.05, 3.63) is 53.8 Å². The smallest absolute Gasteiger partial charge is 0.321 e. The van der Waals surface area contributed by atoms with Crippen LogP contribution in [0.15, 0.2) is 42.5 Å². The highest BCUT2D eigenvalue weighted by molar-refractivity contribution is 8.01. The van der Waals surface area contributed by atoms with Crippen molar-refractivity contribution < 1.29 is 37.8 Å². The fraction of sp³-hybridized carbons (Fsp3) is 0.595. The molecule has 0 aliphatic carbocycles. The lowest BCUT2D eigenvalue weighted by atomic mass is 10.1. The number of anilines is 1. The van der Waals surface area contributed by atoms with E-state index in [-0.39, 0.29) is 65.5 Å². The van der Waals surface area contributed by atoms with Crippen LogP contribution in [0.1, 0.15) is 44.7 Å². The van der Waals surface area contributed by atoms with E-state index >= 15 is 0 Å². The van der Waals surface area contributed by atoms with Gasteiger partial charge in [-0.2, -0.15) is 0 Å². The predicted molar refractivity (Wildman–Crippen MR) is 239 cm³/mol. The van der Waals surface area contributed by atoms with Crippen molar-refractivity contribution in [3.8, 4) is 11.5 Å². The second-order valence-corrected chi connectivity index (χ2v) is 18.7. The van der Waals surface area contributed by atoms with Crippen LogP contribution in [-0.2, 0) is 14.4 Å². The van der Waals surface area contributed by atoms with Crippen LogP contribution < -0.4 is 41.4 Å². The second kappa shape index (κ2) is 22.7. The minimum absolute atomic E-state index is 0.00722. The lowest BCUT2D eigenvalue weighted by Crippen LogP contribution is -2.53. The van der Waals surface area contributed by atoms with Crippen molar-refractivity contribution in [1.82, 2.24) is 46.2 Å². The number of hydrogen-bond donors (Lipinski definition) is 6. The molecular formula is C42H61FN10O7S2. The number of methoxy groups -OCH3 is 1. The van der Waals surface area contributed by atoms with Crippen molar-refractivity contribution >= 4 is 59.0 Å². The number of carbonyl (C=O) groups excluding carboxylic acids is 5. The maximum Gasteiger partial charge on any atom is 0.321 e. The van der Waals surface area contributed by atoms with Crippen LogP contribution in [-0.4, -0.2) is 164 Å². The number of piperazine rings is 2. The number of hydrogen-bond acceptors (Lipinski definition) is 12. The summed E-state index contributed by atoms with van der Waals surface area (Å²) in [4.78, 5) is 72.8. The summed E-state index contributed by atoms with van der Waals surface area (Å²) in [6, 6.07) is 10.4. The van der Waals surface area contributed by atoms with Gasteiger partial charge >= 0.3 is 12.1 Å². The maximum atomic E-state index is 14.8. The van der Waals surface area contributed by atoms with E-state index < -0.39 is 17.1 Å². The zero-order chi connectivity index (χ0) is 44.2. The summed E-state index contributed by atoms with van der Waals surface area (Å²) < 4.78 is 25.9. The van der Waals surface area contributed by atoms with Gasteiger partial charge in [-0.3, -0.25) is 24.6 Å². The molecule has 4 heterocycles. The molecule has 6 atom stereocenters. The zero-order valence-electron chi connectivity index (χ0n) is 36.0. The first-order chi connectivity index (χ1) is 29.8. The van der Waals surface area contributed by atoms with Gasteiger partial charge in [0.15, 0.2) is 0 Å². The van der Waals surface area contributed by atoms with Crippen LogP contribution in [0.4, 0.5) is 19.7 Å². The van der Waals surface area contributed by atoms with E-state index in [2.05, 4.69) is 48.7 Å². The third-order valence-electron chi connectivity index (χ3n) is 11.5. The SMILES string of the molecule is COc1ccc([C@@H](C)NC(=O)[C@@H](CCC(=O)N2CCN(CCOc3ccc(NC(=O)NC4NC(CC(=O)N5CCN(C)CC5)CS4)cc3)CC2)SC2NC(=O)NCC2C)c(F)c1. The van der Waals surface area contributed by atoms with Gasteiger partial charge in [-0.15, -0.1) is 23.5 Å². The third kappa shape index (κ3) is 13.7. The minimum Gasteiger partial charge on any atom is -0.497 e. The Balaban J connectivity index is 0.882. The molecule has 4 aliphatic rings. The van der Waals surface area contributed by atoms with Crippen LogP contribution in [0.5, 0.6) is 11.5 Å². The van der Waals surface area contributed by atoms with Crippen LogP contribution >= 0.6 is 23.5 Å². The van der Waals surface area contributed by atoms with E-state index in [9.17, 15) is 28.4 Å². The molecule has 6 rings (SSSR count). The highest BCUT2D eigenvalue weighted by atomic mass is 32.2. The van der Waals surface area contributed by atoms with Crippen molar-refractivity contribution in [3.63, 3.8) is 0 Å². The summed E-state index contributed by atoms with van der Waals surface area (Å²) in [5, 5.41) is 16.7. The topological polar surface area (TPSA) is 189 Å². The number of ether oxygens (including phenoxy) is 2. The van der Waals surface area contributed by atoms with Gasteiger partial charge in [-0.25, -0.2) is 14.0 Å². The summed E-state index contributed by atoms with van der Waals surface area (Å²) in [7, 11) is 3.52. The van der Waals surface area contributed by atoms with Crippen molar-refractivity contribution in [2.24, 2.45) is 5.92 Å². The molecule has 4 fully saturated rings. The molecule has 0 saturated carbocycles. The summed E-state index contributed by atoms with van der Waals surface area (Å²) in [6.07, 6.45) is 0.818. The molecule has 4 unspecified atom stereocenters. The Bertz CT molecular complexity index is 1850. The predicted octanol–water partition coefficient (Wildman–Crippen LogP) is 2.67. The first-order valence-electron chi connectivity index (χ1n) is 21.3. The van der Waals surface area contributed by atoms with Crippen LogP contribution in [0, 0.1) is 11.7 Å². The first-order valence-corrected chi connectivity index (χ1v) is 23.3. The number of carbonyl (C=O) groups is 5. The van der Waals surface area contributed by atoms with E-state index in [1.165, 1.54) is 24.9 Å². The molecule has 0 spiro atoms. The molecule has 4 aliphatic heterocycles. The molecule has 62 heavy (non-hydrogen) atoms.